The van der Waals surface area contributed by atoms with Crippen molar-refractivity contribution in [1.82, 2.24) is 4.90 Å². The number of hydrogen-bond donors (Lipinski definition) is 1. The Morgan fingerprint density at radius 1 is 1.50 bits per heavy atom. The van der Waals surface area contributed by atoms with Crippen molar-refractivity contribution in [2.24, 2.45) is 11.7 Å². The van der Waals surface area contributed by atoms with Crippen LogP contribution in [0.4, 0.5) is 0 Å². The number of likely N-dealkylation sites (tertiary alicyclic amines) is 1. The first kappa shape index (κ1) is 10.0. The zero-order chi connectivity index (χ0) is 9.14. The summed E-state index contributed by atoms with van der Waals surface area (Å²) in [6.07, 6.45) is 2.53. The van der Waals surface area contributed by atoms with Gasteiger partial charge in [0, 0.05) is 25.2 Å². The average Bonchev–Trinajstić information content (AvgIpc) is 2.34. The smallest absolute Gasteiger partial charge is 0.0218 e. The molecular weight excluding hydrogens is 148 g/mol. The van der Waals surface area contributed by atoms with E-state index >= 15 is 0 Å². The zero-order valence-corrected chi connectivity index (χ0v) is 8.59. The molecule has 2 N–H and O–H groups in total. The van der Waals surface area contributed by atoms with Crippen LogP contribution in [0.1, 0.15) is 33.6 Å². The second-order valence-corrected chi connectivity index (χ2v) is 4.18. The highest BCUT2D eigenvalue weighted by atomic mass is 15.2. The second-order valence-electron chi connectivity index (χ2n) is 4.18. The lowest BCUT2D eigenvalue weighted by atomic mass is 10.1. The van der Waals surface area contributed by atoms with Crippen molar-refractivity contribution in [3.63, 3.8) is 0 Å². The number of nitrogens with zero attached hydrogens (tertiary/aromatic N) is 1. The third-order valence-electron chi connectivity index (χ3n) is 3.04. The molecule has 1 rings (SSSR count). The van der Waals surface area contributed by atoms with Crippen LogP contribution in [0.2, 0.25) is 0 Å². The summed E-state index contributed by atoms with van der Waals surface area (Å²) >= 11 is 0. The first-order valence-electron chi connectivity index (χ1n) is 5.14. The van der Waals surface area contributed by atoms with Gasteiger partial charge >= 0.3 is 0 Å². The van der Waals surface area contributed by atoms with Gasteiger partial charge in [-0.2, -0.15) is 0 Å². The minimum absolute atomic E-state index is 0.616. The van der Waals surface area contributed by atoms with Crippen LogP contribution in [0.25, 0.3) is 0 Å². The van der Waals surface area contributed by atoms with E-state index in [0.29, 0.717) is 6.04 Å². The molecule has 1 aliphatic heterocycles. The molecular formula is C10H22N2. The topological polar surface area (TPSA) is 29.3 Å². The molecule has 1 heterocycles. The maximum absolute atomic E-state index is 5.73. The molecule has 0 amide bonds. The fraction of sp³-hybridized carbons (Fsp3) is 1.00. The highest BCUT2D eigenvalue weighted by Crippen LogP contribution is 2.24. The maximum Gasteiger partial charge on any atom is 0.0218 e. The fourth-order valence-electron chi connectivity index (χ4n) is 2.38. The third kappa shape index (κ3) is 1.99. The molecule has 0 aromatic carbocycles. The Labute approximate surface area is 76.1 Å². The number of nitrogens with two attached hydrogens (primary N) is 1. The summed E-state index contributed by atoms with van der Waals surface area (Å²) in [5.74, 6) is 0.862. The van der Waals surface area contributed by atoms with Crippen molar-refractivity contribution in [2.75, 3.05) is 13.1 Å². The fourth-order valence-corrected chi connectivity index (χ4v) is 2.38. The Hall–Kier alpha value is -0.0800. The predicted octanol–water partition coefficient (Wildman–Crippen LogP) is 1.45. The standard InChI is InChI=1S/C10H22N2/c1-4-10(6-11)12-7-8(2)5-9(12)3/h8-10H,4-7,11H2,1-3H3. The van der Waals surface area contributed by atoms with E-state index in [1.807, 2.05) is 0 Å². The van der Waals surface area contributed by atoms with Crippen LogP contribution in [-0.2, 0) is 0 Å². The molecule has 0 radical (unpaired) electrons. The van der Waals surface area contributed by atoms with Crippen molar-refractivity contribution in [3.8, 4) is 0 Å². The molecule has 72 valence electrons. The SMILES string of the molecule is CCC(CN)N1CC(C)CC1C. The van der Waals surface area contributed by atoms with Crippen LogP contribution >= 0.6 is 0 Å². The summed E-state index contributed by atoms with van der Waals surface area (Å²) in [5, 5.41) is 0. The Bertz CT molecular complexity index is 132. The van der Waals surface area contributed by atoms with Crippen molar-refractivity contribution >= 4 is 0 Å². The van der Waals surface area contributed by atoms with Crippen LogP contribution in [0.3, 0.4) is 0 Å². The molecule has 0 aromatic heterocycles. The predicted molar refractivity (Wildman–Crippen MR) is 53.1 cm³/mol. The van der Waals surface area contributed by atoms with Gasteiger partial charge in [-0.3, -0.25) is 4.90 Å². The van der Waals surface area contributed by atoms with Crippen LogP contribution in [0.15, 0.2) is 0 Å². The molecule has 2 nitrogen and oxygen atoms in total. The van der Waals surface area contributed by atoms with E-state index in [0.717, 1.165) is 18.5 Å². The highest BCUT2D eigenvalue weighted by Gasteiger charge is 2.29. The van der Waals surface area contributed by atoms with Crippen LogP contribution in [-0.4, -0.2) is 30.1 Å². The van der Waals surface area contributed by atoms with Crippen molar-refractivity contribution in [3.05, 3.63) is 0 Å². The van der Waals surface area contributed by atoms with Gasteiger partial charge in [0.2, 0.25) is 0 Å². The van der Waals surface area contributed by atoms with Gasteiger partial charge in [-0.15, -0.1) is 0 Å². The van der Waals surface area contributed by atoms with E-state index in [2.05, 4.69) is 25.7 Å². The molecule has 2 heteroatoms. The summed E-state index contributed by atoms with van der Waals surface area (Å²) in [6.45, 7) is 8.94. The quantitative estimate of drug-likeness (QED) is 0.694. The lowest BCUT2D eigenvalue weighted by Gasteiger charge is -2.29. The highest BCUT2D eigenvalue weighted by molar-refractivity contribution is 4.85. The average molecular weight is 170 g/mol. The van der Waals surface area contributed by atoms with Gasteiger partial charge in [-0.05, 0) is 25.7 Å². The molecule has 0 aliphatic carbocycles. The van der Waals surface area contributed by atoms with E-state index in [-0.39, 0.29) is 0 Å². The second kappa shape index (κ2) is 4.24. The minimum atomic E-state index is 0.616. The zero-order valence-electron chi connectivity index (χ0n) is 8.59. The molecule has 1 saturated heterocycles. The molecule has 3 unspecified atom stereocenters. The monoisotopic (exact) mass is 170 g/mol. The molecule has 0 spiro atoms. The Balaban J connectivity index is 2.50. The van der Waals surface area contributed by atoms with E-state index < -0.39 is 0 Å². The molecule has 0 bridgehead atoms. The van der Waals surface area contributed by atoms with Gasteiger partial charge in [0.1, 0.15) is 0 Å². The largest absolute Gasteiger partial charge is 0.329 e. The van der Waals surface area contributed by atoms with E-state index in [1.54, 1.807) is 0 Å². The van der Waals surface area contributed by atoms with Gasteiger partial charge in [-0.1, -0.05) is 13.8 Å². The molecule has 1 aliphatic rings. The lowest BCUT2D eigenvalue weighted by Crippen LogP contribution is -2.42. The first-order valence-corrected chi connectivity index (χ1v) is 5.14. The Morgan fingerprint density at radius 2 is 2.17 bits per heavy atom. The summed E-state index contributed by atoms with van der Waals surface area (Å²) in [7, 11) is 0. The first-order chi connectivity index (χ1) is 5.69. The normalized spacial score (nSPS) is 34.0. The van der Waals surface area contributed by atoms with E-state index in [1.165, 1.54) is 19.4 Å². The molecule has 0 saturated carbocycles. The molecule has 3 atom stereocenters. The molecule has 0 aromatic rings. The number of hydrogen-bond acceptors (Lipinski definition) is 2. The number of rotatable bonds is 3. The van der Waals surface area contributed by atoms with Gasteiger partial charge in [0.25, 0.3) is 0 Å². The van der Waals surface area contributed by atoms with E-state index in [9.17, 15) is 0 Å². The van der Waals surface area contributed by atoms with Crippen molar-refractivity contribution in [1.29, 1.82) is 0 Å². The third-order valence-corrected chi connectivity index (χ3v) is 3.04. The van der Waals surface area contributed by atoms with Crippen LogP contribution < -0.4 is 5.73 Å². The Kier molecular flexibility index (Phi) is 3.53. The van der Waals surface area contributed by atoms with Gasteiger partial charge < -0.3 is 5.73 Å². The molecule has 1 fully saturated rings. The van der Waals surface area contributed by atoms with Crippen molar-refractivity contribution in [2.45, 2.75) is 45.7 Å². The summed E-state index contributed by atoms with van der Waals surface area (Å²) < 4.78 is 0. The lowest BCUT2D eigenvalue weighted by molar-refractivity contribution is 0.186. The van der Waals surface area contributed by atoms with Gasteiger partial charge in [-0.25, -0.2) is 0 Å². The molecule has 12 heavy (non-hydrogen) atoms. The summed E-state index contributed by atoms with van der Waals surface area (Å²) in [6, 6.07) is 1.36. The summed E-state index contributed by atoms with van der Waals surface area (Å²) in [4.78, 5) is 2.57. The Morgan fingerprint density at radius 3 is 2.50 bits per heavy atom. The van der Waals surface area contributed by atoms with Crippen LogP contribution in [0, 0.1) is 5.92 Å². The van der Waals surface area contributed by atoms with Gasteiger partial charge in [0.15, 0.2) is 0 Å². The minimum Gasteiger partial charge on any atom is -0.329 e. The summed E-state index contributed by atoms with van der Waals surface area (Å²) in [5.41, 5.74) is 5.73. The van der Waals surface area contributed by atoms with E-state index in [4.69, 9.17) is 5.73 Å². The van der Waals surface area contributed by atoms with Crippen molar-refractivity contribution < 1.29 is 0 Å². The van der Waals surface area contributed by atoms with Crippen LogP contribution in [0.5, 0.6) is 0 Å². The van der Waals surface area contributed by atoms with Gasteiger partial charge in [0.05, 0.1) is 0 Å². The maximum atomic E-state index is 5.73.